The van der Waals surface area contributed by atoms with Crippen LogP contribution in [0.2, 0.25) is 0 Å². The predicted molar refractivity (Wildman–Crippen MR) is 122 cm³/mol. The summed E-state index contributed by atoms with van der Waals surface area (Å²) >= 11 is 0. The fourth-order valence-corrected chi connectivity index (χ4v) is 4.03. The molecule has 0 amide bonds. The number of para-hydroxylation sites is 1. The standard InChI is InChI=1S/C20H31F2N5.HI/c1-3-23-20(24-12-15-6-5-10-26(2)13-15)25-16-9-11-27(14-16)19-17(21)7-4-8-18(19)22;/h4,7-8,15-16H,3,5-6,9-14H2,1-2H3,(H2,23,24,25);1H. The highest BCUT2D eigenvalue weighted by atomic mass is 127. The number of guanidine groups is 1. The van der Waals surface area contributed by atoms with Crippen molar-refractivity contribution in [3.05, 3.63) is 29.8 Å². The number of likely N-dealkylation sites (tertiary alicyclic amines) is 1. The number of nitrogens with zero attached hydrogens (tertiary/aromatic N) is 3. The van der Waals surface area contributed by atoms with E-state index in [4.69, 9.17) is 4.99 Å². The second-order valence-corrected chi connectivity index (χ2v) is 7.64. The molecule has 2 atom stereocenters. The quantitative estimate of drug-likeness (QED) is 0.366. The Labute approximate surface area is 184 Å². The van der Waals surface area contributed by atoms with Crippen molar-refractivity contribution in [3.8, 4) is 0 Å². The molecule has 2 aliphatic rings. The van der Waals surface area contributed by atoms with Gasteiger partial charge in [0.2, 0.25) is 0 Å². The minimum absolute atomic E-state index is 0. The molecule has 0 aromatic heterocycles. The first-order valence-electron chi connectivity index (χ1n) is 9.99. The lowest BCUT2D eigenvalue weighted by Gasteiger charge is -2.29. The molecule has 0 bridgehead atoms. The number of aliphatic imine (C=N–C) groups is 1. The fraction of sp³-hybridized carbons (Fsp3) is 0.650. The number of rotatable bonds is 5. The molecular formula is C20H32F2IN5. The number of halogens is 3. The molecular weight excluding hydrogens is 475 g/mol. The lowest BCUT2D eigenvalue weighted by atomic mass is 9.99. The van der Waals surface area contributed by atoms with E-state index < -0.39 is 11.6 Å². The zero-order chi connectivity index (χ0) is 19.2. The number of benzene rings is 1. The normalized spacial score (nSPS) is 23.4. The summed E-state index contributed by atoms with van der Waals surface area (Å²) in [5.41, 5.74) is 0.0778. The zero-order valence-corrected chi connectivity index (χ0v) is 19.1. The maximum Gasteiger partial charge on any atom is 0.191 e. The Morgan fingerprint density at radius 3 is 2.61 bits per heavy atom. The third-order valence-electron chi connectivity index (χ3n) is 5.36. The van der Waals surface area contributed by atoms with Crippen LogP contribution in [-0.2, 0) is 0 Å². The number of hydrogen-bond acceptors (Lipinski definition) is 3. The molecule has 2 aliphatic heterocycles. The highest BCUT2D eigenvalue weighted by Gasteiger charge is 2.27. The molecule has 2 heterocycles. The Morgan fingerprint density at radius 1 is 1.18 bits per heavy atom. The molecule has 2 fully saturated rings. The summed E-state index contributed by atoms with van der Waals surface area (Å²) < 4.78 is 28.1. The molecule has 0 radical (unpaired) electrons. The monoisotopic (exact) mass is 507 g/mol. The van der Waals surface area contributed by atoms with Gasteiger partial charge in [0.1, 0.15) is 17.3 Å². The van der Waals surface area contributed by atoms with Crippen LogP contribution in [0.3, 0.4) is 0 Å². The fourth-order valence-electron chi connectivity index (χ4n) is 4.03. The summed E-state index contributed by atoms with van der Waals surface area (Å²) in [6.45, 7) is 7.08. The maximum atomic E-state index is 14.0. The summed E-state index contributed by atoms with van der Waals surface area (Å²) in [6.07, 6.45) is 3.27. The summed E-state index contributed by atoms with van der Waals surface area (Å²) in [4.78, 5) is 8.91. The molecule has 0 saturated carbocycles. The van der Waals surface area contributed by atoms with E-state index in [1.807, 2.05) is 6.92 Å². The van der Waals surface area contributed by atoms with Gasteiger partial charge in [-0.2, -0.15) is 0 Å². The largest absolute Gasteiger partial charge is 0.365 e. The molecule has 3 rings (SSSR count). The van der Waals surface area contributed by atoms with Gasteiger partial charge in [0, 0.05) is 38.8 Å². The van der Waals surface area contributed by atoms with Gasteiger partial charge >= 0.3 is 0 Å². The Kier molecular flexibility index (Phi) is 9.20. The van der Waals surface area contributed by atoms with E-state index in [0.717, 1.165) is 32.0 Å². The molecule has 5 nitrogen and oxygen atoms in total. The molecule has 1 aromatic carbocycles. The maximum absolute atomic E-state index is 14.0. The van der Waals surface area contributed by atoms with Crippen LogP contribution >= 0.6 is 24.0 Å². The van der Waals surface area contributed by atoms with Crippen LogP contribution in [-0.4, -0.2) is 63.2 Å². The van der Waals surface area contributed by atoms with E-state index in [1.165, 1.54) is 37.6 Å². The first-order valence-corrected chi connectivity index (χ1v) is 9.99. The molecule has 28 heavy (non-hydrogen) atoms. The van der Waals surface area contributed by atoms with E-state index in [1.54, 1.807) is 4.90 Å². The van der Waals surface area contributed by atoms with E-state index in [-0.39, 0.29) is 35.7 Å². The van der Waals surface area contributed by atoms with E-state index >= 15 is 0 Å². The van der Waals surface area contributed by atoms with E-state index in [9.17, 15) is 8.78 Å². The highest BCUT2D eigenvalue weighted by molar-refractivity contribution is 14.0. The van der Waals surface area contributed by atoms with Crippen LogP contribution in [0.5, 0.6) is 0 Å². The first-order chi connectivity index (χ1) is 13.1. The molecule has 0 spiro atoms. The topological polar surface area (TPSA) is 42.9 Å². The van der Waals surface area contributed by atoms with E-state index in [0.29, 0.717) is 19.0 Å². The predicted octanol–water partition coefficient (Wildman–Crippen LogP) is 3.06. The average Bonchev–Trinajstić information content (AvgIpc) is 3.08. The van der Waals surface area contributed by atoms with Crippen molar-refractivity contribution in [3.63, 3.8) is 0 Å². The molecule has 8 heteroatoms. The molecule has 2 saturated heterocycles. The molecule has 158 valence electrons. The van der Waals surface area contributed by atoms with Crippen molar-refractivity contribution >= 4 is 35.6 Å². The average molecular weight is 507 g/mol. The van der Waals surface area contributed by atoms with Crippen LogP contribution in [0, 0.1) is 17.6 Å². The van der Waals surface area contributed by atoms with Gasteiger partial charge in [0.15, 0.2) is 5.96 Å². The van der Waals surface area contributed by atoms with Gasteiger partial charge in [0.05, 0.1) is 0 Å². The van der Waals surface area contributed by atoms with Crippen molar-refractivity contribution in [2.24, 2.45) is 10.9 Å². The SMILES string of the molecule is CCNC(=NCC1CCCN(C)C1)NC1CCN(c2c(F)cccc2F)C1.I. The van der Waals surface area contributed by atoms with E-state index in [2.05, 4.69) is 22.6 Å². The van der Waals surface area contributed by atoms with Crippen molar-refractivity contribution in [1.29, 1.82) is 0 Å². The Hall–Kier alpha value is -1.16. The van der Waals surface area contributed by atoms with Crippen LogP contribution in [0.15, 0.2) is 23.2 Å². The van der Waals surface area contributed by atoms with Crippen molar-refractivity contribution < 1.29 is 8.78 Å². The second-order valence-electron chi connectivity index (χ2n) is 7.64. The van der Waals surface area contributed by atoms with Gasteiger partial charge < -0.3 is 20.4 Å². The zero-order valence-electron chi connectivity index (χ0n) is 16.8. The minimum Gasteiger partial charge on any atom is -0.365 e. The van der Waals surface area contributed by atoms with Gasteiger partial charge in [-0.3, -0.25) is 4.99 Å². The molecule has 0 aliphatic carbocycles. The van der Waals surface area contributed by atoms with Gasteiger partial charge in [-0.25, -0.2) is 8.78 Å². The number of anilines is 1. The number of piperidine rings is 1. The summed E-state index contributed by atoms with van der Waals surface area (Å²) in [5, 5.41) is 6.74. The summed E-state index contributed by atoms with van der Waals surface area (Å²) in [7, 11) is 2.16. The van der Waals surface area contributed by atoms with Crippen LogP contribution in [0.25, 0.3) is 0 Å². The van der Waals surface area contributed by atoms with Gasteiger partial charge in [-0.1, -0.05) is 6.07 Å². The van der Waals surface area contributed by atoms with Crippen LogP contribution in [0.1, 0.15) is 26.2 Å². The highest BCUT2D eigenvalue weighted by Crippen LogP contribution is 2.26. The minimum atomic E-state index is -0.502. The van der Waals surface area contributed by atoms with Gasteiger partial charge in [-0.05, 0) is 57.8 Å². The van der Waals surface area contributed by atoms with Crippen LogP contribution < -0.4 is 15.5 Å². The number of nitrogens with one attached hydrogen (secondary N) is 2. The van der Waals surface area contributed by atoms with Gasteiger partial charge in [0.25, 0.3) is 0 Å². The lowest BCUT2D eigenvalue weighted by Crippen LogP contribution is -2.45. The van der Waals surface area contributed by atoms with Crippen LogP contribution in [0.4, 0.5) is 14.5 Å². The van der Waals surface area contributed by atoms with Crippen molar-refractivity contribution in [2.75, 3.05) is 51.2 Å². The van der Waals surface area contributed by atoms with Gasteiger partial charge in [-0.15, -0.1) is 24.0 Å². The van der Waals surface area contributed by atoms with Crippen molar-refractivity contribution in [1.82, 2.24) is 15.5 Å². The lowest BCUT2D eigenvalue weighted by molar-refractivity contribution is 0.214. The summed E-state index contributed by atoms with van der Waals surface area (Å²) in [5.74, 6) is 0.383. The Morgan fingerprint density at radius 2 is 1.93 bits per heavy atom. The van der Waals surface area contributed by atoms with Crippen molar-refractivity contribution in [2.45, 2.75) is 32.2 Å². The third kappa shape index (κ3) is 6.17. The third-order valence-corrected chi connectivity index (χ3v) is 5.36. The number of hydrogen-bond donors (Lipinski definition) is 2. The first kappa shape index (κ1) is 23.1. The summed E-state index contributed by atoms with van der Waals surface area (Å²) in [6, 6.07) is 4.15. The molecule has 2 N–H and O–H groups in total. The Bertz CT molecular complexity index is 637. The molecule has 1 aromatic rings. The molecule has 2 unspecified atom stereocenters. The Balaban J connectivity index is 0.00000280. The smallest absolute Gasteiger partial charge is 0.191 e. The second kappa shape index (κ2) is 11.1.